The number of aryl methyl sites for hydroxylation is 1. The number of anilines is 1. The van der Waals surface area contributed by atoms with Crippen molar-refractivity contribution in [2.24, 2.45) is 0 Å². The van der Waals surface area contributed by atoms with Gasteiger partial charge in [0.2, 0.25) is 21.8 Å². The minimum absolute atomic E-state index is 0.144. The van der Waals surface area contributed by atoms with Gasteiger partial charge in [0.1, 0.15) is 12.6 Å². The smallest absolute Gasteiger partial charge is 0.244 e. The van der Waals surface area contributed by atoms with Crippen LogP contribution < -0.4 is 9.62 Å². The van der Waals surface area contributed by atoms with Crippen LogP contribution in [0.4, 0.5) is 5.69 Å². The van der Waals surface area contributed by atoms with E-state index in [0.29, 0.717) is 23.7 Å². The van der Waals surface area contributed by atoms with Crippen LogP contribution in [0.5, 0.6) is 0 Å². The summed E-state index contributed by atoms with van der Waals surface area (Å²) in [6, 6.07) is 11.3. The maximum absolute atomic E-state index is 13.6. The largest absolute Gasteiger partial charge is 0.354 e. The van der Waals surface area contributed by atoms with Crippen molar-refractivity contribution in [3.63, 3.8) is 0 Å². The molecular formula is C24H31BrClN3O4S. The fraction of sp³-hybridized carbons (Fsp3) is 0.417. The van der Waals surface area contributed by atoms with Gasteiger partial charge in [0.05, 0.1) is 11.9 Å². The number of hydrogen-bond donors (Lipinski definition) is 1. The molecule has 2 aromatic rings. The summed E-state index contributed by atoms with van der Waals surface area (Å²) in [6.45, 7) is 5.82. The molecule has 1 N–H and O–H groups in total. The van der Waals surface area contributed by atoms with Crippen LogP contribution >= 0.6 is 27.5 Å². The fourth-order valence-corrected chi connectivity index (χ4v) is 4.68. The van der Waals surface area contributed by atoms with Gasteiger partial charge in [-0.05, 0) is 61.2 Å². The summed E-state index contributed by atoms with van der Waals surface area (Å²) in [7, 11) is -3.77. The van der Waals surface area contributed by atoms with Crippen LogP contribution in [0.1, 0.15) is 37.8 Å². The number of carbonyl (C=O) groups excluding carboxylic acids is 2. The molecule has 0 bridgehead atoms. The highest BCUT2D eigenvalue weighted by molar-refractivity contribution is 9.10. The molecule has 34 heavy (non-hydrogen) atoms. The lowest BCUT2D eigenvalue weighted by molar-refractivity contribution is -0.140. The maximum atomic E-state index is 13.6. The molecule has 0 aliphatic carbocycles. The summed E-state index contributed by atoms with van der Waals surface area (Å²) in [5.74, 6) is -0.739. The van der Waals surface area contributed by atoms with E-state index in [1.165, 1.54) is 4.90 Å². The third-order valence-electron chi connectivity index (χ3n) is 5.31. The molecule has 10 heteroatoms. The first kappa shape index (κ1) is 28.1. The first-order valence-corrected chi connectivity index (χ1v) is 14.0. The molecule has 0 saturated heterocycles. The van der Waals surface area contributed by atoms with Crippen LogP contribution in [0.3, 0.4) is 0 Å². The van der Waals surface area contributed by atoms with Crippen molar-refractivity contribution in [1.29, 1.82) is 0 Å². The third-order valence-corrected chi connectivity index (χ3v) is 7.59. The van der Waals surface area contributed by atoms with E-state index in [9.17, 15) is 18.0 Å². The third kappa shape index (κ3) is 7.71. The molecule has 0 aromatic heterocycles. The molecule has 1 atom stereocenters. The van der Waals surface area contributed by atoms with E-state index in [4.69, 9.17) is 11.6 Å². The Morgan fingerprint density at radius 1 is 1.12 bits per heavy atom. The molecule has 0 aliphatic rings. The van der Waals surface area contributed by atoms with Crippen molar-refractivity contribution < 1.29 is 18.0 Å². The highest BCUT2D eigenvalue weighted by Crippen LogP contribution is 2.25. The first-order chi connectivity index (χ1) is 16.0. The Morgan fingerprint density at radius 3 is 2.29 bits per heavy atom. The zero-order chi connectivity index (χ0) is 25.5. The van der Waals surface area contributed by atoms with Gasteiger partial charge in [-0.1, -0.05) is 53.5 Å². The topological polar surface area (TPSA) is 86.8 Å². The molecule has 0 fully saturated rings. The Morgan fingerprint density at radius 2 is 1.76 bits per heavy atom. The molecule has 0 heterocycles. The van der Waals surface area contributed by atoms with Crippen molar-refractivity contribution >= 4 is 55.1 Å². The summed E-state index contributed by atoms with van der Waals surface area (Å²) in [6.07, 6.45) is 2.20. The van der Waals surface area contributed by atoms with Crippen LogP contribution in [0.15, 0.2) is 46.9 Å². The van der Waals surface area contributed by atoms with Crippen molar-refractivity contribution in [3.8, 4) is 0 Å². The number of sulfonamides is 1. The number of hydrogen-bond acceptors (Lipinski definition) is 4. The zero-order valence-electron chi connectivity index (χ0n) is 19.8. The highest BCUT2D eigenvalue weighted by Gasteiger charge is 2.31. The van der Waals surface area contributed by atoms with E-state index in [-0.39, 0.29) is 12.5 Å². The average Bonchev–Trinajstić information content (AvgIpc) is 2.78. The van der Waals surface area contributed by atoms with Crippen LogP contribution in [-0.4, -0.2) is 50.5 Å². The van der Waals surface area contributed by atoms with E-state index >= 15 is 0 Å². The first-order valence-electron chi connectivity index (χ1n) is 11.0. The number of amides is 2. The number of rotatable bonds is 11. The van der Waals surface area contributed by atoms with Gasteiger partial charge in [0, 0.05) is 22.6 Å². The van der Waals surface area contributed by atoms with E-state index < -0.39 is 28.5 Å². The number of benzene rings is 2. The molecule has 0 radical (unpaired) electrons. The zero-order valence-corrected chi connectivity index (χ0v) is 23.0. The monoisotopic (exact) mass is 571 g/mol. The van der Waals surface area contributed by atoms with Gasteiger partial charge < -0.3 is 10.2 Å². The molecule has 0 aliphatic heterocycles. The van der Waals surface area contributed by atoms with Gasteiger partial charge >= 0.3 is 0 Å². The molecule has 0 saturated carbocycles. The summed E-state index contributed by atoms with van der Waals surface area (Å²) < 4.78 is 27.2. The second-order valence-corrected chi connectivity index (χ2v) is 11.3. The highest BCUT2D eigenvalue weighted by atomic mass is 79.9. The lowest BCUT2D eigenvalue weighted by atomic mass is 10.1. The van der Waals surface area contributed by atoms with Crippen molar-refractivity contribution in [2.75, 3.05) is 23.7 Å². The van der Waals surface area contributed by atoms with Gasteiger partial charge in [-0.2, -0.15) is 0 Å². The quantitative estimate of drug-likeness (QED) is 0.429. The van der Waals surface area contributed by atoms with Gasteiger partial charge in [0.15, 0.2) is 0 Å². The van der Waals surface area contributed by atoms with Crippen LogP contribution in [0.2, 0.25) is 5.02 Å². The van der Waals surface area contributed by atoms with Crippen LogP contribution in [-0.2, 0) is 26.2 Å². The van der Waals surface area contributed by atoms with Crippen LogP contribution in [0, 0.1) is 6.92 Å². The van der Waals surface area contributed by atoms with E-state index in [0.717, 1.165) is 32.6 Å². The molecular weight excluding hydrogens is 542 g/mol. The van der Waals surface area contributed by atoms with E-state index in [2.05, 4.69) is 21.2 Å². The summed E-state index contributed by atoms with van der Waals surface area (Å²) in [4.78, 5) is 27.9. The van der Waals surface area contributed by atoms with Crippen molar-refractivity contribution in [3.05, 3.63) is 63.1 Å². The summed E-state index contributed by atoms with van der Waals surface area (Å²) >= 11 is 9.41. The molecule has 2 aromatic carbocycles. The number of nitrogens with one attached hydrogen (secondary N) is 1. The molecule has 7 nitrogen and oxygen atoms in total. The van der Waals surface area contributed by atoms with Crippen molar-refractivity contribution in [2.45, 2.75) is 46.2 Å². The molecule has 186 valence electrons. The molecule has 0 spiro atoms. The SMILES string of the molecule is CCCNC(=O)[C@@H](CC)N(Cc1ccc(Cl)cc1)C(=O)CN(c1ccc(Br)c(C)c1)S(C)(=O)=O. The molecule has 2 amide bonds. The second-order valence-electron chi connectivity index (χ2n) is 8.07. The number of nitrogens with zero attached hydrogens (tertiary/aromatic N) is 2. The van der Waals surface area contributed by atoms with Gasteiger partial charge in [-0.3, -0.25) is 13.9 Å². The lowest BCUT2D eigenvalue weighted by Crippen LogP contribution is -2.52. The maximum Gasteiger partial charge on any atom is 0.244 e. The predicted molar refractivity (Wildman–Crippen MR) is 140 cm³/mol. The standard InChI is InChI=1S/C24H31BrClN3O4S/c1-5-13-27-24(31)22(6-2)28(15-18-7-9-19(26)10-8-18)23(30)16-29(34(4,32)33)20-11-12-21(25)17(3)14-20/h7-12,14,22H,5-6,13,15-16H2,1-4H3,(H,27,31)/t22-/m1/s1. The molecule has 0 unspecified atom stereocenters. The Hall–Kier alpha value is -2.10. The Labute approximate surface area is 215 Å². The Kier molecular flexibility index (Phi) is 10.4. The van der Waals surface area contributed by atoms with Crippen LogP contribution in [0.25, 0.3) is 0 Å². The summed E-state index contributed by atoms with van der Waals surface area (Å²) in [5, 5.41) is 3.41. The summed E-state index contributed by atoms with van der Waals surface area (Å²) in [5.41, 5.74) is 2.00. The van der Waals surface area contributed by atoms with Gasteiger partial charge in [-0.25, -0.2) is 8.42 Å². The fourth-order valence-electron chi connectivity index (χ4n) is 3.47. The molecule has 2 rings (SSSR count). The van der Waals surface area contributed by atoms with E-state index in [1.54, 1.807) is 42.5 Å². The van der Waals surface area contributed by atoms with Crippen molar-refractivity contribution in [1.82, 2.24) is 10.2 Å². The predicted octanol–water partition coefficient (Wildman–Crippen LogP) is 4.51. The minimum atomic E-state index is -3.77. The van der Waals surface area contributed by atoms with Gasteiger partial charge in [0.25, 0.3) is 0 Å². The average molecular weight is 573 g/mol. The number of carbonyl (C=O) groups is 2. The Bertz CT molecular complexity index is 1110. The van der Waals surface area contributed by atoms with E-state index in [1.807, 2.05) is 20.8 Å². The number of halogens is 2. The second kappa shape index (κ2) is 12.6. The normalized spacial score (nSPS) is 12.2. The minimum Gasteiger partial charge on any atom is -0.354 e. The Balaban J connectivity index is 2.43. The van der Waals surface area contributed by atoms with Gasteiger partial charge in [-0.15, -0.1) is 0 Å². The lowest BCUT2D eigenvalue weighted by Gasteiger charge is -2.33.